The fourth-order valence-electron chi connectivity index (χ4n) is 0.605. The van der Waals surface area contributed by atoms with Gasteiger partial charge in [0.25, 0.3) is 0 Å². The topological polar surface area (TPSA) is 0 Å². The van der Waals surface area contributed by atoms with Gasteiger partial charge in [0.2, 0.25) is 0 Å². The van der Waals surface area contributed by atoms with Gasteiger partial charge < -0.3 is 0 Å². The second kappa shape index (κ2) is 2.33. The monoisotopic (exact) mass is 280 g/mol. The Balaban J connectivity index is 3.14. The Morgan fingerprint density at radius 1 is 0.818 bits per heavy atom. The van der Waals surface area contributed by atoms with Crippen molar-refractivity contribution in [3.63, 3.8) is 0 Å². The average molecular weight is 280 g/mol. The zero-order valence-electron chi connectivity index (χ0n) is 5.28. The maximum atomic E-state index is 12.0. The van der Waals surface area contributed by atoms with Crippen molar-refractivity contribution in [2.75, 3.05) is 0 Å². The molecule has 0 N–H and O–H groups in total. The van der Waals surface area contributed by atoms with Crippen LogP contribution in [0.2, 0.25) is 0 Å². The summed E-state index contributed by atoms with van der Waals surface area (Å²) in [6.45, 7) is 0. The van der Waals surface area contributed by atoms with E-state index in [-0.39, 0.29) is 0 Å². The molecule has 0 fully saturated rings. The van der Waals surface area contributed by atoms with Gasteiger partial charge in [0.05, 0.1) is 0 Å². The quantitative estimate of drug-likeness (QED) is 0.539. The number of rotatable bonds is 1. The van der Waals surface area contributed by atoms with Gasteiger partial charge in [-0.25, -0.2) is 0 Å². The van der Waals surface area contributed by atoms with Crippen LogP contribution >= 0.6 is 19.3 Å². The van der Waals surface area contributed by atoms with Crippen LogP contribution < -0.4 is 0 Å². The predicted octanol–water partition coefficient (Wildman–Crippen LogP) is 3.97. The molecule has 0 aliphatic heterocycles. The molecule has 0 bridgehead atoms. The zero-order chi connectivity index (χ0) is 8.56. The van der Waals surface area contributed by atoms with Gasteiger partial charge >= 0.3 is 64.7 Å². The van der Waals surface area contributed by atoms with Crippen LogP contribution in [0.3, 0.4) is 0 Å². The summed E-state index contributed by atoms with van der Waals surface area (Å²) in [6, 6.07) is 5.29. The molecule has 0 saturated carbocycles. The third kappa shape index (κ3) is 2.32. The molecule has 0 aliphatic carbocycles. The Kier molecular flexibility index (Phi) is 1.85. The number of benzene rings is 1. The van der Waals surface area contributed by atoms with Gasteiger partial charge in [-0.1, -0.05) is 0 Å². The minimum atomic E-state index is -8.07. The molecule has 1 aromatic carbocycles. The van der Waals surface area contributed by atoms with E-state index in [1.54, 1.807) is 0 Å². The summed E-state index contributed by atoms with van der Waals surface area (Å²) >= 11 is -8.07. The number of halogens is 5. The van der Waals surface area contributed by atoms with Crippen LogP contribution in [-0.4, -0.2) is 0 Å². The Hall–Kier alpha value is -0.330. The third-order valence-corrected chi connectivity index (χ3v) is 3.67. The van der Waals surface area contributed by atoms with Crippen molar-refractivity contribution < 1.29 is 11.4 Å². The minimum absolute atomic E-state index is 0.758. The van der Waals surface area contributed by atoms with Gasteiger partial charge in [-0.15, -0.1) is 0 Å². The molecule has 0 saturated heterocycles. The molecule has 0 heterocycles. The molecule has 0 spiro atoms. The number of hydrogen-bond donors (Lipinski definition) is 0. The Morgan fingerprint density at radius 2 is 1.27 bits per heavy atom. The normalized spacial score (nSPS) is 15.5. The van der Waals surface area contributed by atoms with E-state index in [9.17, 15) is 11.4 Å². The molecule has 5 heteroatoms. The van der Waals surface area contributed by atoms with Crippen molar-refractivity contribution in [2.24, 2.45) is 0 Å². The predicted molar refractivity (Wildman–Crippen MR) is 43.6 cm³/mol. The van der Waals surface area contributed by atoms with Crippen LogP contribution in [0.1, 0.15) is 0 Å². The van der Waals surface area contributed by atoms with Crippen molar-refractivity contribution >= 4 is 19.3 Å². The van der Waals surface area contributed by atoms with Crippen molar-refractivity contribution in [2.45, 2.75) is 0 Å². The summed E-state index contributed by atoms with van der Waals surface area (Å²) in [4.78, 5) is 0. The molecule has 64 valence electrons. The van der Waals surface area contributed by atoms with Crippen molar-refractivity contribution in [1.82, 2.24) is 0 Å². The van der Waals surface area contributed by atoms with E-state index in [2.05, 4.69) is 0 Å². The standard InChI is InChI=1S/C6H5F4I/c7-11(8,9,10)6-4-2-1-3-5-6/h1-5H. The molecular formula is C6H5F4I. The van der Waals surface area contributed by atoms with Gasteiger partial charge in [0.15, 0.2) is 0 Å². The summed E-state index contributed by atoms with van der Waals surface area (Å²) in [5.74, 6) is 0. The molecule has 0 amide bonds. The molecule has 1 rings (SSSR count). The van der Waals surface area contributed by atoms with Crippen LogP contribution in [0.25, 0.3) is 0 Å². The van der Waals surface area contributed by atoms with Crippen molar-refractivity contribution in [3.05, 3.63) is 33.9 Å². The average Bonchev–Trinajstić information content (AvgIpc) is 1.86. The van der Waals surface area contributed by atoms with Crippen LogP contribution in [0.5, 0.6) is 0 Å². The molecular weight excluding hydrogens is 275 g/mol. The van der Waals surface area contributed by atoms with Gasteiger partial charge in [0.1, 0.15) is 0 Å². The van der Waals surface area contributed by atoms with Crippen LogP contribution in [0.15, 0.2) is 30.3 Å². The van der Waals surface area contributed by atoms with Gasteiger partial charge in [-0.05, 0) is 0 Å². The van der Waals surface area contributed by atoms with Crippen LogP contribution in [0, 0.1) is 3.57 Å². The van der Waals surface area contributed by atoms with Gasteiger partial charge in [0, 0.05) is 0 Å². The van der Waals surface area contributed by atoms with E-state index < -0.39 is 22.9 Å². The van der Waals surface area contributed by atoms with Crippen LogP contribution in [-0.2, 0) is 0 Å². The molecule has 0 nitrogen and oxygen atoms in total. The van der Waals surface area contributed by atoms with Gasteiger partial charge in [-0.2, -0.15) is 0 Å². The first-order chi connectivity index (χ1) is 4.86. The summed E-state index contributed by atoms with van der Waals surface area (Å²) < 4.78 is 46.9. The van der Waals surface area contributed by atoms with E-state index in [0.29, 0.717) is 0 Å². The Morgan fingerprint density at radius 3 is 1.55 bits per heavy atom. The van der Waals surface area contributed by atoms with E-state index in [4.69, 9.17) is 0 Å². The van der Waals surface area contributed by atoms with E-state index in [1.165, 1.54) is 18.2 Å². The second-order valence-electron chi connectivity index (χ2n) is 1.91. The molecule has 0 aromatic heterocycles. The van der Waals surface area contributed by atoms with Gasteiger partial charge in [-0.3, -0.25) is 0 Å². The van der Waals surface area contributed by atoms with E-state index >= 15 is 0 Å². The fraction of sp³-hybridized carbons (Fsp3) is 0. The first-order valence-electron chi connectivity index (χ1n) is 2.67. The SMILES string of the molecule is FI(F)(F)(F)c1ccccc1. The molecule has 0 aliphatic rings. The summed E-state index contributed by atoms with van der Waals surface area (Å²) in [5.41, 5.74) is 0. The molecule has 0 atom stereocenters. The Labute approximate surface area is 65.0 Å². The first kappa shape index (κ1) is 8.76. The maximum absolute atomic E-state index is 12.0. The van der Waals surface area contributed by atoms with Crippen molar-refractivity contribution in [1.29, 1.82) is 0 Å². The van der Waals surface area contributed by atoms with E-state index in [1.807, 2.05) is 0 Å². The Bertz CT molecular complexity index is 241. The summed E-state index contributed by atoms with van der Waals surface area (Å²) in [6.07, 6.45) is 0. The van der Waals surface area contributed by atoms with E-state index in [0.717, 1.165) is 12.1 Å². The molecule has 11 heavy (non-hydrogen) atoms. The first-order valence-corrected chi connectivity index (χ1v) is 7.01. The summed E-state index contributed by atoms with van der Waals surface area (Å²) in [7, 11) is 0. The van der Waals surface area contributed by atoms with Crippen LogP contribution in [0.4, 0.5) is 11.4 Å². The third-order valence-electron chi connectivity index (χ3n) is 1.06. The molecule has 1 aromatic rings. The number of hydrogen-bond acceptors (Lipinski definition) is 0. The summed E-state index contributed by atoms with van der Waals surface area (Å²) in [5, 5.41) is 0. The molecule has 0 unspecified atom stereocenters. The zero-order valence-corrected chi connectivity index (χ0v) is 7.43. The van der Waals surface area contributed by atoms with Crippen molar-refractivity contribution in [3.8, 4) is 0 Å². The molecule has 0 radical (unpaired) electrons. The second-order valence-corrected chi connectivity index (χ2v) is 6.63. The fourth-order valence-corrected chi connectivity index (χ4v) is 2.11.